The summed E-state index contributed by atoms with van der Waals surface area (Å²) in [6.07, 6.45) is 0.566. The zero-order valence-corrected chi connectivity index (χ0v) is 21.7. The highest BCUT2D eigenvalue weighted by molar-refractivity contribution is 8.00. The molecule has 1 amide bonds. The van der Waals surface area contributed by atoms with E-state index in [-0.39, 0.29) is 17.7 Å². The predicted molar refractivity (Wildman–Crippen MR) is 147 cm³/mol. The fraction of sp³-hybridized carbons (Fsp3) is 0.148. The van der Waals surface area contributed by atoms with E-state index in [9.17, 15) is 4.79 Å². The first-order valence-corrected chi connectivity index (χ1v) is 13.1. The third-order valence-corrected chi connectivity index (χ3v) is 7.32. The van der Waals surface area contributed by atoms with Crippen LogP contribution in [0.2, 0.25) is 10.2 Å². The standard InChI is InChI=1S/C27H23Cl2N5OS/c1-16-21-11-10-18(13-22(21)34-33-16)25-26(29)32-27(31-25)23(12-17-6-3-2-4-7-17)30-24(35)15-36-20-9-5-8-19(28)14-20/h2-11,13-14,23H,12,15H2,1H3,(H,30,35)(H,31,32)(H,33,34)/t23-/m0/s1. The number of thioether (sulfide) groups is 1. The second-order valence-corrected chi connectivity index (χ2v) is 10.3. The molecule has 6 nitrogen and oxygen atoms in total. The number of carbonyl (C=O) groups excluding carboxylic acids is 1. The van der Waals surface area contributed by atoms with E-state index in [1.165, 1.54) is 11.8 Å². The molecular formula is C27H23Cl2N5OS. The van der Waals surface area contributed by atoms with Crippen LogP contribution in [0.1, 0.15) is 23.1 Å². The monoisotopic (exact) mass is 535 g/mol. The Bertz CT molecular complexity index is 1520. The Morgan fingerprint density at radius 3 is 2.69 bits per heavy atom. The molecule has 5 aromatic rings. The molecule has 0 saturated heterocycles. The van der Waals surface area contributed by atoms with Gasteiger partial charge in [-0.05, 0) is 43.2 Å². The average Bonchev–Trinajstić information content (AvgIpc) is 3.45. The molecule has 0 aliphatic heterocycles. The normalized spacial score (nSPS) is 12.1. The highest BCUT2D eigenvalue weighted by Gasteiger charge is 2.22. The first kappa shape index (κ1) is 24.4. The summed E-state index contributed by atoms with van der Waals surface area (Å²) in [7, 11) is 0. The second-order valence-electron chi connectivity index (χ2n) is 8.41. The van der Waals surface area contributed by atoms with Crippen molar-refractivity contribution in [3.63, 3.8) is 0 Å². The summed E-state index contributed by atoms with van der Waals surface area (Å²) in [6.45, 7) is 1.96. The number of amides is 1. The maximum atomic E-state index is 12.9. The third-order valence-electron chi connectivity index (χ3n) is 5.82. The number of halogens is 2. The molecule has 3 aromatic carbocycles. The number of aromatic amines is 2. The highest BCUT2D eigenvalue weighted by atomic mass is 35.5. The molecule has 0 unspecified atom stereocenters. The van der Waals surface area contributed by atoms with Gasteiger partial charge in [0.1, 0.15) is 16.7 Å². The Morgan fingerprint density at radius 1 is 1.06 bits per heavy atom. The summed E-state index contributed by atoms with van der Waals surface area (Å²) in [5.74, 6) is 0.744. The molecule has 3 N–H and O–H groups in total. The van der Waals surface area contributed by atoms with Crippen LogP contribution in [0.15, 0.2) is 77.7 Å². The van der Waals surface area contributed by atoms with Crippen molar-refractivity contribution in [2.45, 2.75) is 24.3 Å². The molecule has 0 spiro atoms. The number of aromatic nitrogens is 4. The maximum absolute atomic E-state index is 12.9. The van der Waals surface area contributed by atoms with Crippen LogP contribution in [-0.4, -0.2) is 31.8 Å². The lowest BCUT2D eigenvalue weighted by Gasteiger charge is -2.17. The molecule has 0 saturated carbocycles. The molecule has 0 bridgehead atoms. The van der Waals surface area contributed by atoms with Crippen LogP contribution >= 0.6 is 35.0 Å². The molecule has 5 rings (SSSR count). The molecule has 0 aliphatic rings. The smallest absolute Gasteiger partial charge is 0.230 e. The van der Waals surface area contributed by atoms with E-state index in [1.807, 2.05) is 79.7 Å². The summed E-state index contributed by atoms with van der Waals surface area (Å²) >= 11 is 14.1. The van der Waals surface area contributed by atoms with Gasteiger partial charge in [-0.2, -0.15) is 5.10 Å². The number of carbonyl (C=O) groups is 1. The fourth-order valence-electron chi connectivity index (χ4n) is 4.04. The van der Waals surface area contributed by atoms with Gasteiger partial charge in [-0.25, -0.2) is 4.98 Å². The minimum Gasteiger partial charge on any atom is -0.345 e. The van der Waals surface area contributed by atoms with Gasteiger partial charge >= 0.3 is 0 Å². The Hall–Kier alpha value is -3.26. The number of benzene rings is 3. The Balaban J connectivity index is 1.39. The van der Waals surface area contributed by atoms with Gasteiger partial charge < -0.3 is 10.3 Å². The van der Waals surface area contributed by atoms with Crippen molar-refractivity contribution in [1.82, 2.24) is 25.5 Å². The van der Waals surface area contributed by atoms with E-state index in [2.05, 4.69) is 20.5 Å². The summed E-state index contributed by atoms with van der Waals surface area (Å²) in [6, 6.07) is 23.0. The van der Waals surface area contributed by atoms with Crippen LogP contribution in [0, 0.1) is 6.92 Å². The van der Waals surface area contributed by atoms with Crippen molar-refractivity contribution in [3.8, 4) is 11.3 Å². The molecule has 182 valence electrons. The van der Waals surface area contributed by atoms with Crippen molar-refractivity contribution < 1.29 is 4.79 Å². The molecule has 0 aliphatic carbocycles. The quantitative estimate of drug-likeness (QED) is 0.191. The largest absolute Gasteiger partial charge is 0.345 e. The van der Waals surface area contributed by atoms with Crippen molar-refractivity contribution in [2.75, 3.05) is 5.75 Å². The minimum absolute atomic E-state index is 0.107. The molecule has 1 atom stereocenters. The van der Waals surface area contributed by atoms with Gasteiger partial charge in [0.05, 0.1) is 23.0 Å². The summed E-state index contributed by atoms with van der Waals surface area (Å²) in [5.41, 5.74) is 4.42. The average molecular weight is 536 g/mol. The lowest BCUT2D eigenvalue weighted by molar-refractivity contribution is -0.119. The van der Waals surface area contributed by atoms with Crippen LogP contribution < -0.4 is 5.32 Å². The number of nitrogens with one attached hydrogen (secondary N) is 3. The van der Waals surface area contributed by atoms with Gasteiger partial charge in [-0.15, -0.1) is 11.8 Å². The summed E-state index contributed by atoms with van der Waals surface area (Å²) in [4.78, 5) is 21.9. The molecular weight excluding hydrogens is 513 g/mol. The van der Waals surface area contributed by atoms with Crippen LogP contribution in [-0.2, 0) is 11.2 Å². The first-order chi connectivity index (χ1) is 17.5. The third kappa shape index (κ3) is 5.59. The van der Waals surface area contributed by atoms with Gasteiger partial charge in [0.25, 0.3) is 0 Å². The number of rotatable bonds is 8. The number of aryl methyl sites for hydroxylation is 1. The Kier molecular flexibility index (Phi) is 7.32. The van der Waals surface area contributed by atoms with Crippen molar-refractivity contribution in [1.29, 1.82) is 0 Å². The summed E-state index contributed by atoms with van der Waals surface area (Å²) in [5, 5.41) is 12.5. The van der Waals surface area contributed by atoms with Crippen LogP contribution in [0.3, 0.4) is 0 Å². The number of fused-ring (bicyclic) bond motifs is 1. The molecule has 0 radical (unpaired) electrons. The maximum Gasteiger partial charge on any atom is 0.230 e. The van der Waals surface area contributed by atoms with E-state index in [1.54, 1.807) is 0 Å². The minimum atomic E-state index is -0.385. The van der Waals surface area contributed by atoms with E-state index in [0.29, 0.717) is 28.1 Å². The van der Waals surface area contributed by atoms with Crippen LogP contribution in [0.4, 0.5) is 0 Å². The first-order valence-electron chi connectivity index (χ1n) is 11.4. The van der Waals surface area contributed by atoms with Crippen LogP contribution in [0.25, 0.3) is 22.2 Å². The van der Waals surface area contributed by atoms with Gasteiger partial charge in [-0.3, -0.25) is 9.89 Å². The fourth-order valence-corrected chi connectivity index (χ4v) is 5.31. The van der Waals surface area contributed by atoms with Crippen molar-refractivity contribution in [3.05, 3.63) is 100 Å². The van der Waals surface area contributed by atoms with Crippen LogP contribution in [0.5, 0.6) is 0 Å². The molecule has 2 aromatic heterocycles. The number of hydrogen-bond acceptors (Lipinski definition) is 4. The number of hydrogen-bond donors (Lipinski definition) is 3. The SMILES string of the molecule is Cc1n[nH]c2cc(-c3nc([C@H](Cc4ccccc4)NC(=O)CSc4cccc(Cl)c4)[nH]c3Cl)ccc12. The van der Waals surface area contributed by atoms with Gasteiger partial charge in [0.15, 0.2) is 0 Å². The van der Waals surface area contributed by atoms with Gasteiger partial charge in [0, 0.05) is 20.9 Å². The zero-order chi connectivity index (χ0) is 25.1. The zero-order valence-electron chi connectivity index (χ0n) is 19.4. The van der Waals surface area contributed by atoms with Crippen molar-refractivity contribution in [2.24, 2.45) is 0 Å². The van der Waals surface area contributed by atoms with Crippen molar-refractivity contribution >= 4 is 51.8 Å². The highest BCUT2D eigenvalue weighted by Crippen LogP contribution is 2.31. The van der Waals surface area contributed by atoms with E-state index >= 15 is 0 Å². The topological polar surface area (TPSA) is 86.5 Å². The Labute approximate surface area is 222 Å². The molecule has 0 fully saturated rings. The van der Waals surface area contributed by atoms with E-state index < -0.39 is 0 Å². The lowest BCUT2D eigenvalue weighted by atomic mass is 10.1. The predicted octanol–water partition coefficient (Wildman–Crippen LogP) is 6.76. The molecule has 36 heavy (non-hydrogen) atoms. The van der Waals surface area contributed by atoms with E-state index in [4.69, 9.17) is 28.2 Å². The number of nitrogens with zero attached hydrogens (tertiary/aromatic N) is 2. The van der Waals surface area contributed by atoms with Gasteiger partial charge in [-0.1, -0.05) is 71.7 Å². The number of H-pyrrole nitrogens is 2. The number of imidazole rings is 1. The van der Waals surface area contributed by atoms with E-state index in [0.717, 1.165) is 32.6 Å². The molecule has 2 heterocycles. The molecule has 9 heteroatoms. The Morgan fingerprint density at radius 2 is 1.89 bits per heavy atom. The van der Waals surface area contributed by atoms with Gasteiger partial charge in [0.2, 0.25) is 5.91 Å². The second kappa shape index (κ2) is 10.8. The summed E-state index contributed by atoms with van der Waals surface area (Å²) < 4.78 is 0. The lowest BCUT2D eigenvalue weighted by Crippen LogP contribution is -2.32.